The van der Waals surface area contributed by atoms with Gasteiger partial charge in [-0.25, -0.2) is 4.98 Å². The summed E-state index contributed by atoms with van der Waals surface area (Å²) < 4.78 is 0. The highest BCUT2D eigenvalue weighted by molar-refractivity contribution is 6.30. The molecule has 1 atom stereocenters. The Balaban J connectivity index is 1.99. The molecular formula is C12H18ClN3. The Bertz CT molecular complexity index is 363. The van der Waals surface area contributed by atoms with Gasteiger partial charge >= 0.3 is 0 Å². The van der Waals surface area contributed by atoms with E-state index in [9.17, 15) is 0 Å². The number of nitrogen functional groups attached to an aromatic ring is 1. The smallest absolute Gasteiger partial charge is 0.149 e. The van der Waals surface area contributed by atoms with E-state index in [1.165, 1.54) is 19.3 Å². The molecule has 16 heavy (non-hydrogen) atoms. The molecule has 2 rings (SSSR count). The van der Waals surface area contributed by atoms with Gasteiger partial charge in [-0.3, -0.25) is 0 Å². The fourth-order valence-corrected chi connectivity index (χ4v) is 2.02. The number of nitrogens with zero attached hydrogens (tertiary/aromatic N) is 1. The maximum absolute atomic E-state index is 5.86. The van der Waals surface area contributed by atoms with Crippen molar-refractivity contribution in [2.45, 2.75) is 38.6 Å². The summed E-state index contributed by atoms with van der Waals surface area (Å²) in [6.45, 7) is 2.19. The molecule has 0 saturated heterocycles. The summed E-state index contributed by atoms with van der Waals surface area (Å²) >= 11 is 5.81. The number of pyridine rings is 1. The molecule has 3 N–H and O–H groups in total. The standard InChI is InChI=1S/C12H18ClN3/c1-2-10(5-8-3-4-8)16-12-11(14)6-9(13)7-15-12/h6-8,10H,2-5,14H2,1H3,(H,15,16). The minimum atomic E-state index is 0.475. The van der Waals surface area contributed by atoms with Crippen LogP contribution < -0.4 is 11.1 Å². The van der Waals surface area contributed by atoms with E-state index in [4.69, 9.17) is 17.3 Å². The first-order chi connectivity index (χ1) is 7.69. The van der Waals surface area contributed by atoms with Crippen molar-refractivity contribution in [1.82, 2.24) is 4.98 Å². The van der Waals surface area contributed by atoms with Crippen molar-refractivity contribution >= 4 is 23.1 Å². The first-order valence-electron chi connectivity index (χ1n) is 5.86. The number of anilines is 2. The van der Waals surface area contributed by atoms with Crippen molar-refractivity contribution in [3.05, 3.63) is 17.3 Å². The average Bonchev–Trinajstić information content (AvgIpc) is 3.04. The molecule has 0 aliphatic heterocycles. The predicted octanol–water partition coefficient (Wildman–Crippen LogP) is 3.31. The van der Waals surface area contributed by atoms with E-state index in [0.29, 0.717) is 16.8 Å². The number of hydrogen-bond donors (Lipinski definition) is 2. The second-order valence-electron chi connectivity index (χ2n) is 4.52. The molecule has 1 aromatic heterocycles. The Hall–Kier alpha value is -0.960. The van der Waals surface area contributed by atoms with Crippen molar-refractivity contribution in [2.24, 2.45) is 5.92 Å². The zero-order valence-corrected chi connectivity index (χ0v) is 10.3. The van der Waals surface area contributed by atoms with Crippen molar-refractivity contribution < 1.29 is 0 Å². The molecule has 1 aliphatic rings. The van der Waals surface area contributed by atoms with Crippen LogP contribution in [0.15, 0.2) is 12.3 Å². The first kappa shape index (κ1) is 11.5. The van der Waals surface area contributed by atoms with E-state index in [1.807, 2.05) is 0 Å². The lowest BCUT2D eigenvalue weighted by atomic mass is 10.1. The van der Waals surface area contributed by atoms with Gasteiger partial charge in [0, 0.05) is 12.2 Å². The van der Waals surface area contributed by atoms with Gasteiger partial charge in [-0.05, 0) is 24.8 Å². The van der Waals surface area contributed by atoms with Crippen LogP contribution in [0, 0.1) is 5.92 Å². The quantitative estimate of drug-likeness (QED) is 0.829. The Morgan fingerprint density at radius 3 is 2.94 bits per heavy atom. The van der Waals surface area contributed by atoms with Crippen molar-refractivity contribution in [1.29, 1.82) is 0 Å². The van der Waals surface area contributed by atoms with E-state index in [0.717, 1.165) is 18.2 Å². The van der Waals surface area contributed by atoms with Crippen LogP contribution in [-0.2, 0) is 0 Å². The van der Waals surface area contributed by atoms with E-state index < -0.39 is 0 Å². The van der Waals surface area contributed by atoms with Gasteiger partial charge in [-0.1, -0.05) is 31.4 Å². The van der Waals surface area contributed by atoms with Crippen molar-refractivity contribution in [3.63, 3.8) is 0 Å². The summed E-state index contributed by atoms with van der Waals surface area (Å²) in [4.78, 5) is 4.23. The van der Waals surface area contributed by atoms with Crippen molar-refractivity contribution in [2.75, 3.05) is 11.1 Å². The van der Waals surface area contributed by atoms with Gasteiger partial charge in [0.05, 0.1) is 10.7 Å². The first-order valence-corrected chi connectivity index (χ1v) is 6.24. The minimum Gasteiger partial charge on any atom is -0.396 e. The highest BCUT2D eigenvalue weighted by atomic mass is 35.5. The molecule has 4 heteroatoms. The van der Waals surface area contributed by atoms with E-state index in [2.05, 4.69) is 17.2 Å². The van der Waals surface area contributed by atoms with Gasteiger partial charge < -0.3 is 11.1 Å². The maximum Gasteiger partial charge on any atom is 0.149 e. The number of rotatable bonds is 5. The predicted molar refractivity (Wildman–Crippen MR) is 68.7 cm³/mol. The molecule has 0 bridgehead atoms. The Kier molecular flexibility index (Phi) is 3.54. The summed E-state index contributed by atoms with van der Waals surface area (Å²) in [5, 5.41) is 3.98. The normalized spacial score (nSPS) is 17.1. The van der Waals surface area contributed by atoms with Crippen LogP contribution in [0.2, 0.25) is 5.02 Å². The molecule has 1 aromatic rings. The second-order valence-corrected chi connectivity index (χ2v) is 4.96. The summed E-state index contributed by atoms with van der Waals surface area (Å²) in [5.41, 5.74) is 6.49. The van der Waals surface area contributed by atoms with Crippen LogP contribution >= 0.6 is 11.6 Å². The number of hydrogen-bond acceptors (Lipinski definition) is 3. The molecule has 0 radical (unpaired) electrons. The van der Waals surface area contributed by atoms with Crippen LogP contribution in [-0.4, -0.2) is 11.0 Å². The van der Waals surface area contributed by atoms with Gasteiger partial charge in [-0.2, -0.15) is 0 Å². The second kappa shape index (κ2) is 4.91. The fourth-order valence-electron chi connectivity index (χ4n) is 1.85. The maximum atomic E-state index is 5.86. The molecule has 1 unspecified atom stereocenters. The minimum absolute atomic E-state index is 0.475. The largest absolute Gasteiger partial charge is 0.396 e. The molecule has 1 heterocycles. The molecule has 1 saturated carbocycles. The molecular weight excluding hydrogens is 222 g/mol. The summed E-state index contributed by atoms with van der Waals surface area (Å²) in [7, 11) is 0. The SMILES string of the molecule is CCC(CC1CC1)Nc1ncc(Cl)cc1N. The van der Waals surface area contributed by atoms with Gasteiger partial charge in [0.2, 0.25) is 0 Å². The Labute approximate surface area is 101 Å². The monoisotopic (exact) mass is 239 g/mol. The van der Waals surface area contributed by atoms with E-state index >= 15 is 0 Å². The van der Waals surface area contributed by atoms with E-state index in [-0.39, 0.29) is 0 Å². The fraction of sp³-hybridized carbons (Fsp3) is 0.583. The van der Waals surface area contributed by atoms with Gasteiger partial charge in [0.15, 0.2) is 0 Å². The molecule has 0 amide bonds. The van der Waals surface area contributed by atoms with Gasteiger partial charge in [-0.15, -0.1) is 0 Å². The van der Waals surface area contributed by atoms with Crippen LogP contribution in [0.1, 0.15) is 32.6 Å². The number of halogens is 1. The van der Waals surface area contributed by atoms with Crippen LogP contribution in [0.5, 0.6) is 0 Å². The molecule has 1 fully saturated rings. The molecule has 88 valence electrons. The lowest BCUT2D eigenvalue weighted by molar-refractivity contribution is 0.585. The third-order valence-electron chi connectivity index (χ3n) is 3.03. The highest BCUT2D eigenvalue weighted by Crippen LogP contribution is 2.35. The lowest BCUT2D eigenvalue weighted by Gasteiger charge is -2.18. The lowest BCUT2D eigenvalue weighted by Crippen LogP contribution is -2.20. The summed E-state index contributed by atoms with van der Waals surface area (Å²) in [6.07, 6.45) is 6.70. The molecule has 0 aromatic carbocycles. The molecule has 3 nitrogen and oxygen atoms in total. The van der Waals surface area contributed by atoms with Gasteiger partial charge in [0.1, 0.15) is 5.82 Å². The number of nitrogens with two attached hydrogens (primary N) is 1. The number of nitrogens with one attached hydrogen (secondary N) is 1. The molecule has 0 spiro atoms. The van der Waals surface area contributed by atoms with Crippen LogP contribution in [0.25, 0.3) is 0 Å². The van der Waals surface area contributed by atoms with Crippen molar-refractivity contribution in [3.8, 4) is 0 Å². The topological polar surface area (TPSA) is 50.9 Å². The zero-order valence-electron chi connectivity index (χ0n) is 9.54. The third kappa shape index (κ3) is 3.01. The van der Waals surface area contributed by atoms with Crippen LogP contribution in [0.3, 0.4) is 0 Å². The Morgan fingerprint density at radius 1 is 1.62 bits per heavy atom. The Morgan fingerprint density at radius 2 is 2.38 bits per heavy atom. The third-order valence-corrected chi connectivity index (χ3v) is 3.24. The number of aromatic nitrogens is 1. The average molecular weight is 240 g/mol. The van der Waals surface area contributed by atoms with Gasteiger partial charge in [0.25, 0.3) is 0 Å². The van der Waals surface area contributed by atoms with E-state index in [1.54, 1.807) is 12.3 Å². The summed E-state index contributed by atoms with van der Waals surface area (Å²) in [6, 6.07) is 2.21. The zero-order chi connectivity index (χ0) is 11.5. The highest BCUT2D eigenvalue weighted by Gasteiger charge is 2.25. The summed E-state index contributed by atoms with van der Waals surface area (Å²) in [5.74, 6) is 1.67. The molecule has 1 aliphatic carbocycles. The van der Waals surface area contributed by atoms with Crippen LogP contribution in [0.4, 0.5) is 11.5 Å².